The number of hydrogen-bond donors (Lipinski definition) is 1. The molecule has 0 atom stereocenters. The zero-order chi connectivity index (χ0) is 10.8. The van der Waals surface area contributed by atoms with Crippen LogP contribution in [-0.2, 0) is 4.74 Å². The molecule has 0 saturated carbocycles. The zero-order valence-electron chi connectivity index (χ0n) is 8.08. The fourth-order valence-corrected chi connectivity index (χ4v) is 1.53. The number of halogens is 1. The smallest absolute Gasteiger partial charge is 0.340 e. The molecule has 2 heterocycles. The van der Waals surface area contributed by atoms with Gasteiger partial charge in [0.15, 0.2) is 0 Å². The molecule has 0 aromatic carbocycles. The van der Waals surface area contributed by atoms with E-state index in [2.05, 4.69) is 9.97 Å². The summed E-state index contributed by atoms with van der Waals surface area (Å²) < 4.78 is 4.90. The predicted octanol–water partition coefficient (Wildman–Crippen LogP) is 2.39. The van der Waals surface area contributed by atoms with Gasteiger partial charge in [0.05, 0.1) is 17.7 Å². The Morgan fingerprint density at radius 1 is 1.67 bits per heavy atom. The molecule has 0 fully saturated rings. The fraction of sp³-hybridized carbons (Fsp3) is 0.200. The summed E-state index contributed by atoms with van der Waals surface area (Å²) in [5, 5.41) is 1.11. The van der Waals surface area contributed by atoms with E-state index in [4.69, 9.17) is 16.3 Å². The Morgan fingerprint density at radius 3 is 3.20 bits per heavy atom. The van der Waals surface area contributed by atoms with Crippen LogP contribution >= 0.6 is 11.6 Å². The lowest BCUT2D eigenvalue weighted by molar-refractivity contribution is 0.0528. The van der Waals surface area contributed by atoms with Crippen molar-refractivity contribution < 1.29 is 9.53 Å². The Balaban J connectivity index is 2.49. The van der Waals surface area contributed by atoms with Gasteiger partial charge in [-0.2, -0.15) is 0 Å². The summed E-state index contributed by atoms with van der Waals surface area (Å²) in [6, 6.07) is 1.67. The van der Waals surface area contributed by atoms with E-state index < -0.39 is 0 Å². The van der Waals surface area contributed by atoms with E-state index in [0.717, 1.165) is 10.9 Å². The predicted molar refractivity (Wildman–Crippen MR) is 57.1 cm³/mol. The molecule has 2 rings (SSSR count). The molecule has 5 heteroatoms. The summed E-state index contributed by atoms with van der Waals surface area (Å²) in [5.41, 5.74) is 1.26. The Kier molecular flexibility index (Phi) is 2.60. The highest BCUT2D eigenvalue weighted by atomic mass is 35.5. The van der Waals surface area contributed by atoms with E-state index >= 15 is 0 Å². The van der Waals surface area contributed by atoms with Crippen molar-refractivity contribution in [3.05, 3.63) is 29.2 Å². The molecule has 1 N–H and O–H groups in total. The number of aromatic nitrogens is 2. The van der Waals surface area contributed by atoms with Crippen LogP contribution in [0.25, 0.3) is 10.9 Å². The van der Waals surface area contributed by atoms with Crippen molar-refractivity contribution in [2.75, 3.05) is 6.61 Å². The van der Waals surface area contributed by atoms with Gasteiger partial charge in [0, 0.05) is 17.8 Å². The molecule has 0 aliphatic heterocycles. The number of carbonyl (C=O) groups excluding carboxylic acids is 1. The molecule has 0 aliphatic rings. The molecule has 2 aromatic rings. The molecule has 0 radical (unpaired) electrons. The SMILES string of the molecule is CCOC(=O)c1c[nH]c2cc(Cl)ncc12. The van der Waals surface area contributed by atoms with Crippen molar-refractivity contribution in [2.24, 2.45) is 0 Å². The second kappa shape index (κ2) is 3.90. The van der Waals surface area contributed by atoms with Gasteiger partial charge in [-0.05, 0) is 13.0 Å². The largest absolute Gasteiger partial charge is 0.462 e. The number of H-pyrrole nitrogens is 1. The molecule has 0 amide bonds. The van der Waals surface area contributed by atoms with Crippen LogP contribution in [0.15, 0.2) is 18.5 Å². The Bertz CT molecular complexity index is 507. The molecular weight excluding hydrogens is 216 g/mol. The van der Waals surface area contributed by atoms with Crippen LogP contribution < -0.4 is 0 Å². The maximum atomic E-state index is 11.5. The highest BCUT2D eigenvalue weighted by Gasteiger charge is 2.13. The Labute approximate surface area is 91.2 Å². The lowest BCUT2D eigenvalue weighted by Gasteiger charge is -1.98. The molecular formula is C10H9ClN2O2. The minimum Gasteiger partial charge on any atom is -0.462 e. The monoisotopic (exact) mass is 224 g/mol. The standard InChI is InChI=1S/C10H9ClN2O2/c1-2-15-10(14)7-5-12-8-3-9(11)13-4-6(7)8/h3-5,12H,2H2,1H3. The number of fused-ring (bicyclic) bond motifs is 1. The van der Waals surface area contributed by atoms with Crippen molar-refractivity contribution in [3.8, 4) is 0 Å². The van der Waals surface area contributed by atoms with E-state index in [9.17, 15) is 4.79 Å². The molecule has 2 aromatic heterocycles. The lowest BCUT2D eigenvalue weighted by atomic mass is 10.2. The third-order valence-electron chi connectivity index (χ3n) is 2.03. The summed E-state index contributed by atoms with van der Waals surface area (Å²) in [5.74, 6) is -0.354. The van der Waals surface area contributed by atoms with Crippen LogP contribution in [-0.4, -0.2) is 22.5 Å². The normalized spacial score (nSPS) is 10.5. The van der Waals surface area contributed by atoms with Gasteiger partial charge < -0.3 is 9.72 Å². The number of nitrogens with zero attached hydrogens (tertiary/aromatic N) is 1. The van der Waals surface area contributed by atoms with Crippen molar-refractivity contribution in [1.29, 1.82) is 0 Å². The van der Waals surface area contributed by atoms with E-state index in [1.165, 1.54) is 0 Å². The van der Waals surface area contributed by atoms with Crippen molar-refractivity contribution >= 4 is 28.5 Å². The number of hydrogen-bond acceptors (Lipinski definition) is 3. The van der Waals surface area contributed by atoms with Crippen LogP contribution in [0.1, 0.15) is 17.3 Å². The molecule has 0 aliphatic carbocycles. The van der Waals surface area contributed by atoms with Crippen molar-refractivity contribution in [3.63, 3.8) is 0 Å². The Morgan fingerprint density at radius 2 is 2.47 bits per heavy atom. The first kappa shape index (κ1) is 9.98. The molecule has 0 unspecified atom stereocenters. The van der Waals surface area contributed by atoms with Crippen LogP contribution in [0.4, 0.5) is 0 Å². The van der Waals surface area contributed by atoms with Gasteiger partial charge in [-0.25, -0.2) is 9.78 Å². The summed E-state index contributed by atoms with van der Waals surface area (Å²) in [4.78, 5) is 18.4. The maximum absolute atomic E-state index is 11.5. The summed E-state index contributed by atoms with van der Waals surface area (Å²) >= 11 is 5.72. The van der Waals surface area contributed by atoms with Gasteiger partial charge in [-0.1, -0.05) is 11.6 Å². The topological polar surface area (TPSA) is 55.0 Å². The van der Waals surface area contributed by atoms with Crippen molar-refractivity contribution in [2.45, 2.75) is 6.92 Å². The average molecular weight is 225 g/mol. The number of nitrogens with one attached hydrogen (secondary N) is 1. The lowest BCUT2D eigenvalue weighted by Crippen LogP contribution is -2.03. The van der Waals surface area contributed by atoms with Gasteiger partial charge >= 0.3 is 5.97 Å². The molecule has 0 spiro atoms. The third kappa shape index (κ3) is 1.80. The van der Waals surface area contributed by atoms with Gasteiger partial charge in [0.2, 0.25) is 0 Å². The van der Waals surface area contributed by atoms with E-state index in [0.29, 0.717) is 17.3 Å². The van der Waals surface area contributed by atoms with Crippen LogP contribution in [0.5, 0.6) is 0 Å². The third-order valence-corrected chi connectivity index (χ3v) is 2.23. The fourth-order valence-electron chi connectivity index (χ4n) is 1.37. The number of carbonyl (C=O) groups is 1. The highest BCUT2D eigenvalue weighted by molar-refractivity contribution is 6.30. The highest BCUT2D eigenvalue weighted by Crippen LogP contribution is 2.20. The molecule has 0 bridgehead atoms. The number of ether oxygens (including phenoxy) is 1. The van der Waals surface area contributed by atoms with Crippen molar-refractivity contribution in [1.82, 2.24) is 9.97 Å². The summed E-state index contributed by atoms with van der Waals surface area (Å²) in [6.07, 6.45) is 3.15. The molecule has 0 saturated heterocycles. The first-order valence-corrected chi connectivity index (χ1v) is 4.90. The van der Waals surface area contributed by atoms with E-state index in [1.54, 1.807) is 25.4 Å². The first-order valence-electron chi connectivity index (χ1n) is 4.52. The average Bonchev–Trinajstić information content (AvgIpc) is 2.60. The Hall–Kier alpha value is -1.55. The second-order valence-electron chi connectivity index (χ2n) is 2.98. The zero-order valence-corrected chi connectivity index (χ0v) is 8.84. The molecule has 15 heavy (non-hydrogen) atoms. The van der Waals surface area contributed by atoms with Gasteiger partial charge in [0.25, 0.3) is 0 Å². The maximum Gasteiger partial charge on any atom is 0.340 e. The second-order valence-corrected chi connectivity index (χ2v) is 3.36. The van der Waals surface area contributed by atoms with Crippen LogP contribution in [0.2, 0.25) is 5.15 Å². The van der Waals surface area contributed by atoms with E-state index in [-0.39, 0.29) is 5.97 Å². The summed E-state index contributed by atoms with van der Waals surface area (Å²) in [6.45, 7) is 2.12. The van der Waals surface area contributed by atoms with Gasteiger partial charge in [0.1, 0.15) is 5.15 Å². The number of esters is 1. The summed E-state index contributed by atoms with van der Waals surface area (Å²) in [7, 11) is 0. The van der Waals surface area contributed by atoms with Gasteiger partial charge in [-0.3, -0.25) is 0 Å². The number of pyridine rings is 1. The molecule has 4 nitrogen and oxygen atoms in total. The number of rotatable bonds is 2. The quantitative estimate of drug-likeness (QED) is 0.630. The minimum absolute atomic E-state index is 0.354. The number of aromatic amines is 1. The first-order chi connectivity index (χ1) is 7.22. The van der Waals surface area contributed by atoms with Crippen LogP contribution in [0.3, 0.4) is 0 Å². The van der Waals surface area contributed by atoms with Gasteiger partial charge in [-0.15, -0.1) is 0 Å². The minimum atomic E-state index is -0.354. The van der Waals surface area contributed by atoms with E-state index in [1.807, 2.05) is 0 Å². The van der Waals surface area contributed by atoms with Crippen LogP contribution in [0, 0.1) is 0 Å². The molecule has 78 valence electrons.